The Balaban J connectivity index is 1.23. The van der Waals surface area contributed by atoms with Crippen molar-refractivity contribution in [2.45, 2.75) is 104 Å². The molecule has 0 spiro atoms. The van der Waals surface area contributed by atoms with Crippen LogP contribution < -0.4 is 26.2 Å². The third kappa shape index (κ3) is 7.16. The summed E-state index contributed by atoms with van der Waals surface area (Å²) >= 11 is 0. The molecule has 0 radical (unpaired) electrons. The summed E-state index contributed by atoms with van der Waals surface area (Å²) in [7, 11) is 0. The van der Waals surface area contributed by atoms with Crippen molar-refractivity contribution < 1.29 is 0 Å². The maximum absolute atomic E-state index is 2.67. The van der Waals surface area contributed by atoms with Crippen molar-refractivity contribution in [2.24, 2.45) is 0 Å². The molecule has 0 amide bonds. The Morgan fingerprint density at radius 1 is 0.418 bits per heavy atom. The third-order valence-electron chi connectivity index (χ3n) is 15.2. The van der Waals surface area contributed by atoms with Gasteiger partial charge < -0.3 is 9.80 Å². The molecule has 0 atom stereocenters. The van der Waals surface area contributed by atoms with Gasteiger partial charge in [0.25, 0.3) is 6.71 Å². The molecule has 3 aliphatic rings. The van der Waals surface area contributed by atoms with Crippen LogP contribution in [0.15, 0.2) is 170 Å². The number of hydrogen-bond acceptors (Lipinski definition) is 2. The molecule has 2 aliphatic heterocycles. The molecule has 3 heteroatoms. The Bertz CT molecular complexity index is 3220. The molecule has 0 bridgehead atoms. The van der Waals surface area contributed by atoms with Crippen molar-refractivity contribution in [3.8, 4) is 33.4 Å². The first kappa shape index (κ1) is 43.0. The first-order valence-electron chi connectivity index (χ1n) is 24.4. The number of rotatable bonds is 5. The van der Waals surface area contributed by atoms with E-state index in [4.69, 9.17) is 0 Å². The zero-order valence-corrected chi connectivity index (χ0v) is 41.3. The van der Waals surface area contributed by atoms with Crippen LogP contribution in [0.5, 0.6) is 0 Å². The van der Waals surface area contributed by atoms with Gasteiger partial charge in [-0.25, -0.2) is 0 Å². The van der Waals surface area contributed by atoms with Gasteiger partial charge in [-0.2, -0.15) is 0 Å². The molecule has 2 heterocycles. The smallest absolute Gasteiger partial charge is 0.252 e. The molecule has 11 rings (SSSR count). The van der Waals surface area contributed by atoms with Gasteiger partial charge in [0, 0.05) is 34.0 Å². The van der Waals surface area contributed by atoms with E-state index in [2.05, 4.69) is 256 Å². The maximum atomic E-state index is 2.67. The fourth-order valence-corrected chi connectivity index (χ4v) is 12.0. The summed E-state index contributed by atoms with van der Waals surface area (Å²) in [5.41, 5.74) is 25.8. The summed E-state index contributed by atoms with van der Waals surface area (Å²) in [5, 5.41) is 0. The van der Waals surface area contributed by atoms with Gasteiger partial charge in [0.05, 0.1) is 5.69 Å². The van der Waals surface area contributed by atoms with Crippen molar-refractivity contribution in [2.75, 3.05) is 9.80 Å². The SMILES string of the molecule is Cc1cc2c3c(c1)N(c1ccc(C(C)(C)C)cc1-c1ccc(C(C)(C)C)cc1)c1cc4c(cc1B3c1cc(-c3ccccc3)ccc1N2c1ccc(-c2ccccc2)cc1)C(C)(C)CC4(C)C. The van der Waals surface area contributed by atoms with Crippen LogP contribution in [0, 0.1) is 6.92 Å². The van der Waals surface area contributed by atoms with E-state index in [1.54, 1.807) is 0 Å². The number of benzene rings is 8. The van der Waals surface area contributed by atoms with Crippen LogP contribution in [0.3, 0.4) is 0 Å². The Morgan fingerprint density at radius 2 is 0.910 bits per heavy atom. The predicted molar refractivity (Wildman–Crippen MR) is 290 cm³/mol. The summed E-state index contributed by atoms with van der Waals surface area (Å²) in [6.07, 6.45) is 1.10. The molecule has 8 aromatic carbocycles. The highest BCUT2D eigenvalue weighted by Crippen LogP contribution is 2.54. The Hall–Kier alpha value is -6.58. The van der Waals surface area contributed by atoms with E-state index in [9.17, 15) is 0 Å². The number of nitrogens with zero attached hydrogens (tertiary/aromatic N) is 2. The minimum Gasteiger partial charge on any atom is -0.311 e. The lowest BCUT2D eigenvalue weighted by Crippen LogP contribution is -2.61. The summed E-state index contributed by atoms with van der Waals surface area (Å²) in [4.78, 5) is 5.22. The van der Waals surface area contributed by atoms with E-state index in [1.807, 2.05) is 0 Å². The molecule has 332 valence electrons. The largest absolute Gasteiger partial charge is 0.311 e. The maximum Gasteiger partial charge on any atom is 0.252 e. The second kappa shape index (κ2) is 15.2. The van der Waals surface area contributed by atoms with Crippen molar-refractivity contribution >= 4 is 57.2 Å². The van der Waals surface area contributed by atoms with Crippen molar-refractivity contribution in [3.05, 3.63) is 198 Å². The van der Waals surface area contributed by atoms with Gasteiger partial charge in [0.2, 0.25) is 0 Å². The summed E-state index contributed by atoms with van der Waals surface area (Å²) in [5.74, 6) is 0. The quantitative estimate of drug-likeness (QED) is 0.159. The molecule has 2 nitrogen and oxygen atoms in total. The van der Waals surface area contributed by atoms with Gasteiger partial charge in [-0.1, -0.05) is 191 Å². The monoisotopic (exact) mass is 871 g/mol. The predicted octanol–water partition coefficient (Wildman–Crippen LogP) is 15.6. The molecule has 0 saturated carbocycles. The van der Waals surface area contributed by atoms with Gasteiger partial charge in [-0.15, -0.1) is 0 Å². The average Bonchev–Trinajstić information content (AvgIpc) is 3.49. The normalized spacial score (nSPS) is 15.5. The molecule has 0 fully saturated rings. The molecule has 0 saturated heterocycles. The van der Waals surface area contributed by atoms with Crippen molar-refractivity contribution in [3.63, 3.8) is 0 Å². The third-order valence-corrected chi connectivity index (χ3v) is 15.2. The lowest BCUT2D eigenvalue weighted by Gasteiger charge is -2.45. The topological polar surface area (TPSA) is 6.48 Å². The van der Waals surface area contributed by atoms with Gasteiger partial charge in [-0.05, 0) is 156 Å². The number of hydrogen-bond donors (Lipinski definition) is 0. The van der Waals surface area contributed by atoms with Crippen molar-refractivity contribution in [1.29, 1.82) is 0 Å². The van der Waals surface area contributed by atoms with Gasteiger partial charge in [-0.3, -0.25) is 0 Å². The van der Waals surface area contributed by atoms with E-state index in [1.165, 1.54) is 106 Å². The summed E-state index contributed by atoms with van der Waals surface area (Å²) < 4.78 is 0. The van der Waals surface area contributed by atoms with Crippen molar-refractivity contribution in [1.82, 2.24) is 0 Å². The Morgan fingerprint density at radius 3 is 1.52 bits per heavy atom. The van der Waals surface area contributed by atoms with E-state index < -0.39 is 0 Å². The van der Waals surface area contributed by atoms with E-state index >= 15 is 0 Å². The van der Waals surface area contributed by atoms with E-state index in [0.29, 0.717) is 0 Å². The highest BCUT2D eigenvalue weighted by atomic mass is 15.2. The van der Waals surface area contributed by atoms with Crippen LogP contribution in [0.2, 0.25) is 0 Å². The van der Waals surface area contributed by atoms with Crippen LogP contribution in [-0.2, 0) is 21.7 Å². The van der Waals surface area contributed by atoms with Crippen LogP contribution >= 0.6 is 0 Å². The first-order chi connectivity index (χ1) is 31.9. The van der Waals surface area contributed by atoms with Gasteiger partial charge in [0.1, 0.15) is 0 Å². The molecular formula is C64H63BN2. The average molecular weight is 871 g/mol. The van der Waals surface area contributed by atoms with E-state index in [-0.39, 0.29) is 28.4 Å². The summed E-state index contributed by atoms with van der Waals surface area (Å²) in [6, 6.07) is 65.0. The second-order valence-corrected chi connectivity index (χ2v) is 23.1. The van der Waals surface area contributed by atoms with E-state index in [0.717, 1.165) is 12.1 Å². The lowest BCUT2D eigenvalue weighted by molar-refractivity contribution is 0.403. The number of anilines is 6. The number of aryl methyl sites for hydroxylation is 1. The fourth-order valence-electron chi connectivity index (χ4n) is 12.0. The summed E-state index contributed by atoms with van der Waals surface area (Å²) in [6.45, 7) is 26.0. The minimum absolute atomic E-state index is 0.00327. The Labute approximate surface area is 400 Å². The first-order valence-corrected chi connectivity index (χ1v) is 24.4. The lowest BCUT2D eigenvalue weighted by atomic mass is 9.33. The molecule has 0 unspecified atom stereocenters. The second-order valence-electron chi connectivity index (χ2n) is 23.1. The molecule has 8 aromatic rings. The standard InChI is InChI=1S/C64H63BN2/c1-41-34-58-60-59(35-41)67(55-33-29-48(62(5,6)7)37-50(55)45-22-27-47(28-23-45)61(2,3)4)57-39-52-51(63(8,9)40-64(52,10)11)38-54(57)65(60)53-36-46(43-20-16-13-17-21-43)26-32-56(53)66(58)49-30-24-44(25-31-49)42-18-14-12-15-19-42/h12-39H,40H2,1-11H3. The zero-order valence-electron chi connectivity index (χ0n) is 41.3. The highest BCUT2D eigenvalue weighted by Gasteiger charge is 2.48. The minimum atomic E-state index is -0.0286. The molecular weight excluding hydrogens is 808 g/mol. The molecule has 0 N–H and O–H groups in total. The fraction of sp³-hybridized carbons (Fsp3) is 0.250. The van der Waals surface area contributed by atoms with Crippen LogP contribution in [0.4, 0.5) is 34.1 Å². The zero-order chi connectivity index (χ0) is 46.8. The van der Waals surface area contributed by atoms with Gasteiger partial charge >= 0.3 is 0 Å². The molecule has 67 heavy (non-hydrogen) atoms. The van der Waals surface area contributed by atoms with Crippen LogP contribution in [0.1, 0.15) is 103 Å². The Kier molecular flexibility index (Phi) is 9.78. The molecule has 0 aromatic heterocycles. The van der Waals surface area contributed by atoms with Crippen LogP contribution in [0.25, 0.3) is 33.4 Å². The van der Waals surface area contributed by atoms with Crippen LogP contribution in [-0.4, -0.2) is 6.71 Å². The highest BCUT2D eigenvalue weighted by molar-refractivity contribution is 7.00. The van der Waals surface area contributed by atoms with Gasteiger partial charge in [0.15, 0.2) is 0 Å². The number of fused-ring (bicyclic) bond motifs is 5. The molecule has 1 aliphatic carbocycles.